The molecule has 0 amide bonds. The van der Waals surface area contributed by atoms with Crippen molar-refractivity contribution in [2.75, 3.05) is 36.7 Å². The fraction of sp³-hybridized carbons (Fsp3) is 0.250. The molecule has 2 rings (SSSR count). The monoisotopic (exact) mass is 271 g/mol. The maximum Gasteiger partial charge on any atom is 0.123 e. The van der Waals surface area contributed by atoms with Crippen molar-refractivity contribution in [2.45, 2.75) is 6.92 Å². The number of anilines is 4. The number of ether oxygens (including phenoxy) is 1. The van der Waals surface area contributed by atoms with Gasteiger partial charge in [0.15, 0.2) is 0 Å². The van der Waals surface area contributed by atoms with E-state index >= 15 is 0 Å². The van der Waals surface area contributed by atoms with Gasteiger partial charge in [0.1, 0.15) is 5.75 Å². The topological polar surface area (TPSA) is 50.5 Å². The van der Waals surface area contributed by atoms with E-state index in [2.05, 4.69) is 22.3 Å². The third-order valence-corrected chi connectivity index (χ3v) is 2.89. The van der Waals surface area contributed by atoms with E-state index in [4.69, 9.17) is 10.5 Å². The SMILES string of the molecule is CCOc1cc(N)cc(Nc2cccc(N(C)C)c2)c1. The number of hydrogen-bond acceptors (Lipinski definition) is 4. The Morgan fingerprint density at radius 2 is 1.90 bits per heavy atom. The highest BCUT2D eigenvalue weighted by Crippen LogP contribution is 2.27. The van der Waals surface area contributed by atoms with Crippen molar-refractivity contribution in [1.82, 2.24) is 0 Å². The predicted octanol–water partition coefficient (Wildman–Crippen LogP) is 3.48. The Kier molecular flexibility index (Phi) is 4.35. The zero-order valence-corrected chi connectivity index (χ0v) is 12.2. The van der Waals surface area contributed by atoms with Crippen LogP contribution in [0, 0.1) is 0 Å². The van der Waals surface area contributed by atoms with Crippen molar-refractivity contribution in [3.63, 3.8) is 0 Å². The fourth-order valence-corrected chi connectivity index (χ4v) is 1.97. The summed E-state index contributed by atoms with van der Waals surface area (Å²) in [5.74, 6) is 0.777. The second-order valence-electron chi connectivity index (χ2n) is 4.79. The molecular weight excluding hydrogens is 250 g/mol. The second kappa shape index (κ2) is 6.19. The summed E-state index contributed by atoms with van der Waals surface area (Å²) in [4.78, 5) is 2.07. The summed E-state index contributed by atoms with van der Waals surface area (Å²) in [6.45, 7) is 2.58. The Morgan fingerprint density at radius 1 is 1.10 bits per heavy atom. The van der Waals surface area contributed by atoms with Crippen molar-refractivity contribution in [2.24, 2.45) is 0 Å². The smallest absolute Gasteiger partial charge is 0.123 e. The Bertz CT molecular complexity index is 582. The molecule has 0 aromatic heterocycles. The Hall–Kier alpha value is -2.36. The molecule has 0 aliphatic carbocycles. The molecule has 0 atom stereocenters. The molecule has 0 fully saturated rings. The molecule has 0 saturated heterocycles. The molecule has 4 nitrogen and oxygen atoms in total. The molecule has 0 aliphatic heterocycles. The van der Waals surface area contributed by atoms with Gasteiger partial charge in [-0.15, -0.1) is 0 Å². The van der Waals surface area contributed by atoms with Gasteiger partial charge >= 0.3 is 0 Å². The highest BCUT2D eigenvalue weighted by Gasteiger charge is 2.02. The summed E-state index contributed by atoms with van der Waals surface area (Å²) >= 11 is 0. The predicted molar refractivity (Wildman–Crippen MR) is 86.1 cm³/mol. The molecule has 0 saturated carbocycles. The van der Waals surface area contributed by atoms with Gasteiger partial charge in [-0.05, 0) is 31.2 Å². The molecule has 106 valence electrons. The van der Waals surface area contributed by atoms with Gasteiger partial charge in [0.2, 0.25) is 0 Å². The summed E-state index contributed by atoms with van der Waals surface area (Å²) in [5.41, 5.74) is 9.66. The van der Waals surface area contributed by atoms with Gasteiger partial charge in [-0.1, -0.05) is 6.07 Å². The van der Waals surface area contributed by atoms with Crippen LogP contribution in [0.5, 0.6) is 5.75 Å². The van der Waals surface area contributed by atoms with Crippen LogP contribution in [0.4, 0.5) is 22.7 Å². The van der Waals surface area contributed by atoms with E-state index in [1.54, 1.807) is 0 Å². The number of nitrogens with one attached hydrogen (secondary N) is 1. The van der Waals surface area contributed by atoms with Crippen molar-refractivity contribution < 1.29 is 4.74 Å². The largest absolute Gasteiger partial charge is 0.494 e. The number of rotatable bonds is 5. The zero-order valence-electron chi connectivity index (χ0n) is 12.2. The summed E-state index contributed by atoms with van der Waals surface area (Å²) in [5, 5.41) is 3.35. The molecule has 0 radical (unpaired) electrons. The van der Waals surface area contributed by atoms with Gasteiger partial charge in [-0.25, -0.2) is 0 Å². The minimum absolute atomic E-state index is 0.624. The maximum absolute atomic E-state index is 5.89. The molecule has 20 heavy (non-hydrogen) atoms. The van der Waals surface area contributed by atoms with Crippen LogP contribution < -0.4 is 20.7 Å². The van der Waals surface area contributed by atoms with E-state index < -0.39 is 0 Å². The number of hydrogen-bond donors (Lipinski definition) is 2. The van der Waals surface area contributed by atoms with Gasteiger partial charge < -0.3 is 20.7 Å². The van der Waals surface area contributed by atoms with Crippen molar-refractivity contribution >= 4 is 22.7 Å². The van der Waals surface area contributed by atoms with E-state index in [1.807, 2.05) is 51.4 Å². The van der Waals surface area contributed by atoms with Crippen LogP contribution in [0.25, 0.3) is 0 Å². The lowest BCUT2D eigenvalue weighted by Crippen LogP contribution is -2.08. The van der Waals surface area contributed by atoms with Gasteiger partial charge in [-0.2, -0.15) is 0 Å². The van der Waals surface area contributed by atoms with Crippen LogP contribution in [-0.4, -0.2) is 20.7 Å². The number of benzene rings is 2. The molecule has 0 heterocycles. The average Bonchev–Trinajstić information content (AvgIpc) is 2.38. The maximum atomic E-state index is 5.89. The summed E-state index contributed by atoms with van der Waals surface area (Å²) in [7, 11) is 4.04. The van der Waals surface area contributed by atoms with Gasteiger partial charge in [-0.3, -0.25) is 0 Å². The zero-order chi connectivity index (χ0) is 14.5. The molecule has 2 aromatic carbocycles. The highest BCUT2D eigenvalue weighted by atomic mass is 16.5. The first kappa shape index (κ1) is 14.1. The summed E-state index contributed by atoms with van der Waals surface area (Å²) in [6, 6.07) is 13.9. The lowest BCUT2D eigenvalue weighted by molar-refractivity contribution is 0.340. The molecule has 0 unspecified atom stereocenters. The molecule has 4 heteroatoms. The van der Waals surface area contributed by atoms with Gasteiger partial charge in [0, 0.05) is 49.0 Å². The third-order valence-electron chi connectivity index (χ3n) is 2.89. The van der Waals surface area contributed by atoms with Crippen LogP contribution in [-0.2, 0) is 0 Å². The van der Waals surface area contributed by atoms with Gasteiger partial charge in [0.25, 0.3) is 0 Å². The van der Waals surface area contributed by atoms with Crippen LogP contribution in [0.2, 0.25) is 0 Å². The fourth-order valence-electron chi connectivity index (χ4n) is 1.97. The Labute approximate surface area is 120 Å². The molecule has 0 bridgehead atoms. The highest BCUT2D eigenvalue weighted by molar-refractivity contribution is 5.68. The minimum Gasteiger partial charge on any atom is -0.494 e. The quantitative estimate of drug-likeness (QED) is 0.817. The molecular formula is C16H21N3O. The lowest BCUT2D eigenvalue weighted by Gasteiger charge is -2.15. The standard InChI is InChI=1S/C16H21N3O/c1-4-20-16-9-12(17)8-14(11-16)18-13-6-5-7-15(10-13)19(2)3/h5-11,18H,4,17H2,1-3H3. The Morgan fingerprint density at radius 3 is 2.60 bits per heavy atom. The van der Waals surface area contributed by atoms with E-state index in [-0.39, 0.29) is 0 Å². The third kappa shape index (κ3) is 3.57. The average molecular weight is 271 g/mol. The number of nitrogen functional groups attached to an aromatic ring is 1. The second-order valence-corrected chi connectivity index (χ2v) is 4.79. The minimum atomic E-state index is 0.624. The molecule has 3 N–H and O–H groups in total. The molecule has 2 aromatic rings. The van der Waals surface area contributed by atoms with Crippen LogP contribution >= 0.6 is 0 Å². The Balaban J connectivity index is 2.23. The normalized spacial score (nSPS) is 10.2. The van der Waals surface area contributed by atoms with E-state index in [9.17, 15) is 0 Å². The summed E-state index contributed by atoms with van der Waals surface area (Å²) < 4.78 is 5.50. The van der Waals surface area contributed by atoms with Crippen LogP contribution in [0.15, 0.2) is 42.5 Å². The molecule has 0 spiro atoms. The first-order chi connectivity index (χ1) is 9.58. The van der Waals surface area contributed by atoms with Crippen LogP contribution in [0.3, 0.4) is 0 Å². The lowest BCUT2D eigenvalue weighted by atomic mass is 10.2. The van der Waals surface area contributed by atoms with E-state index in [1.165, 1.54) is 0 Å². The van der Waals surface area contributed by atoms with Crippen molar-refractivity contribution in [3.8, 4) is 5.75 Å². The van der Waals surface area contributed by atoms with Crippen molar-refractivity contribution in [3.05, 3.63) is 42.5 Å². The van der Waals surface area contributed by atoms with Crippen LogP contribution in [0.1, 0.15) is 6.92 Å². The van der Waals surface area contributed by atoms with E-state index in [0.29, 0.717) is 12.3 Å². The van der Waals surface area contributed by atoms with Crippen molar-refractivity contribution in [1.29, 1.82) is 0 Å². The number of nitrogens with two attached hydrogens (primary N) is 1. The van der Waals surface area contributed by atoms with E-state index in [0.717, 1.165) is 22.8 Å². The number of nitrogens with zero attached hydrogens (tertiary/aromatic N) is 1. The first-order valence-electron chi connectivity index (χ1n) is 6.66. The first-order valence-corrected chi connectivity index (χ1v) is 6.66. The van der Waals surface area contributed by atoms with Gasteiger partial charge in [0.05, 0.1) is 6.61 Å². The summed E-state index contributed by atoms with van der Waals surface area (Å²) in [6.07, 6.45) is 0. The molecule has 0 aliphatic rings.